The molecule has 25 heavy (non-hydrogen) atoms. The normalized spacial score (nSPS) is 14.7. The smallest absolute Gasteiger partial charge is 0.191 e. The minimum atomic E-state index is 0. The van der Waals surface area contributed by atoms with Gasteiger partial charge in [-0.15, -0.1) is 35.3 Å². The highest BCUT2D eigenvalue weighted by molar-refractivity contribution is 14.0. The van der Waals surface area contributed by atoms with Crippen molar-refractivity contribution in [2.45, 2.75) is 52.9 Å². The van der Waals surface area contributed by atoms with Crippen LogP contribution in [0.15, 0.2) is 10.4 Å². The number of rotatable bonds is 9. The lowest BCUT2D eigenvalue weighted by atomic mass is 10.0. The molecule has 2 N–H and O–H groups in total. The van der Waals surface area contributed by atoms with E-state index in [1.54, 1.807) is 11.3 Å². The number of guanidine groups is 1. The summed E-state index contributed by atoms with van der Waals surface area (Å²) in [5, 5.41) is 10.2. The molecule has 0 saturated carbocycles. The summed E-state index contributed by atoms with van der Waals surface area (Å²) < 4.78 is 0. The van der Waals surface area contributed by atoms with Crippen molar-refractivity contribution >= 4 is 46.4 Å². The zero-order valence-electron chi connectivity index (χ0n) is 15.9. The Hall–Kier alpha value is -0.570. The van der Waals surface area contributed by atoms with Crippen molar-refractivity contribution in [1.29, 1.82) is 0 Å². The van der Waals surface area contributed by atoms with Crippen LogP contribution in [-0.2, 0) is 6.42 Å². The summed E-state index contributed by atoms with van der Waals surface area (Å²) in [7, 11) is 0. The highest BCUT2D eigenvalue weighted by Gasteiger charge is 2.15. The largest absolute Gasteiger partial charge is 0.357 e. The van der Waals surface area contributed by atoms with E-state index in [0.29, 0.717) is 5.92 Å². The standard InChI is InChI=1S/C18H33N5S.HI/c1-4-15(5-2)13-21-17(19-6-3)20-10-9-16-14-24-18(22-16)23-11-7-8-12-23;/h14-15H,4-13H2,1-3H3,(H2,19,20,21);1H. The third-order valence-electron chi connectivity index (χ3n) is 4.60. The molecule has 1 saturated heterocycles. The van der Waals surface area contributed by atoms with Gasteiger partial charge >= 0.3 is 0 Å². The molecule has 0 atom stereocenters. The Balaban J connectivity index is 0.00000312. The van der Waals surface area contributed by atoms with Crippen molar-refractivity contribution in [3.8, 4) is 0 Å². The molecule has 0 aromatic carbocycles. The molecule has 0 spiro atoms. The minimum absolute atomic E-state index is 0. The van der Waals surface area contributed by atoms with Crippen LogP contribution in [0.2, 0.25) is 0 Å². The highest BCUT2D eigenvalue weighted by atomic mass is 127. The fraction of sp³-hybridized carbons (Fsp3) is 0.778. The molecule has 2 rings (SSSR count). The van der Waals surface area contributed by atoms with Gasteiger partial charge in [-0.2, -0.15) is 0 Å². The van der Waals surface area contributed by atoms with Crippen LogP contribution in [-0.4, -0.2) is 43.7 Å². The van der Waals surface area contributed by atoms with Gasteiger partial charge in [0, 0.05) is 44.5 Å². The monoisotopic (exact) mass is 479 g/mol. The van der Waals surface area contributed by atoms with E-state index in [9.17, 15) is 0 Å². The topological polar surface area (TPSA) is 52.6 Å². The lowest BCUT2D eigenvalue weighted by Crippen LogP contribution is -2.38. The molecule has 144 valence electrons. The molecular formula is C18H34IN5S. The molecule has 1 aliphatic heterocycles. The maximum atomic E-state index is 4.78. The third-order valence-corrected chi connectivity index (χ3v) is 5.55. The fourth-order valence-corrected chi connectivity index (χ4v) is 3.80. The molecule has 0 amide bonds. The van der Waals surface area contributed by atoms with Crippen LogP contribution in [0.1, 0.15) is 52.1 Å². The second-order valence-electron chi connectivity index (χ2n) is 6.39. The van der Waals surface area contributed by atoms with Crippen LogP contribution in [0.5, 0.6) is 0 Å². The van der Waals surface area contributed by atoms with Crippen molar-refractivity contribution in [2.75, 3.05) is 37.6 Å². The molecule has 2 heterocycles. The summed E-state index contributed by atoms with van der Waals surface area (Å²) in [6.45, 7) is 11.6. The predicted octanol–water partition coefficient (Wildman–Crippen LogP) is 3.90. The van der Waals surface area contributed by atoms with Gasteiger partial charge in [0.2, 0.25) is 0 Å². The van der Waals surface area contributed by atoms with Crippen LogP contribution in [0.25, 0.3) is 0 Å². The zero-order chi connectivity index (χ0) is 17.2. The first-order chi connectivity index (χ1) is 11.8. The summed E-state index contributed by atoms with van der Waals surface area (Å²) in [6, 6.07) is 0. The Morgan fingerprint density at radius 1 is 1.24 bits per heavy atom. The summed E-state index contributed by atoms with van der Waals surface area (Å²) in [6.07, 6.45) is 5.93. The molecule has 1 aliphatic rings. The lowest BCUT2D eigenvalue weighted by Gasteiger charge is -2.14. The van der Waals surface area contributed by atoms with E-state index in [2.05, 4.69) is 41.7 Å². The van der Waals surface area contributed by atoms with E-state index in [1.807, 2.05) is 0 Å². The van der Waals surface area contributed by atoms with Crippen LogP contribution in [0.3, 0.4) is 0 Å². The molecular weight excluding hydrogens is 445 g/mol. The number of hydrogen-bond donors (Lipinski definition) is 2. The molecule has 0 unspecified atom stereocenters. The zero-order valence-corrected chi connectivity index (χ0v) is 19.0. The number of halogens is 1. The number of nitrogens with zero attached hydrogens (tertiary/aromatic N) is 3. The van der Waals surface area contributed by atoms with E-state index in [1.165, 1.54) is 49.6 Å². The second-order valence-corrected chi connectivity index (χ2v) is 7.23. The van der Waals surface area contributed by atoms with Crippen molar-refractivity contribution in [1.82, 2.24) is 15.6 Å². The van der Waals surface area contributed by atoms with Crippen LogP contribution < -0.4 is 15.5 Å². The maximum absolute atomic E-state index is 4.78. The van der Waals surface area contributed by atoms with Gasteiger partial charge < -0.3 is 15.5 Å². The van der Waals surface area contributed by atoms with E-state index < -0.39 is 0 Å². The Bertz CT molecular complexity index is 495. The van der Waals surface area contributed by atoms with Crippen LogP contribution in [0.4, 0.5) is 5.13 Å². The summed E-state index contributed by atoms with van der Waals surface area (Å²) in [5.41, 5.74) is 1.19. The van der Waals surface area contributed by atoms with Gasteiger partial charge in [-0.3, -0.25) is 4.99 Å². The molecule has 5 nitrogen and oxygen atoms in total. The van der Waals surface area contributed by atoms with Crippen molar-refractivity contribution in [3.05, 3.63) is 11.1 Å². The molecule has 1 aromatic heterocycles. The van der Waals surface area contributed by atoms with Crippen molar-refractivity contribution in [2.24, 2.45) is 10.9 Å². The first-order valence-corrected chi connectivity index (χ1v) is 10.4. The first-order valence-electron chi connectivity index (χ1n) is 9.48. The molecule has 0 radical (unpaired) electrons. The Labute approximate surface area is 174 Å². The Morgan fingerprint density at radius 2 is 1.96 bits per heavy atom. The van der Waals surface area contributed by atoms with Gasteiger partial charge in [0.05, 0.1) is 5.69 Å². The molecule has 0 bridgehead atoms. The van der Waals surface area contributed by atoms with E-state index in [4.69, 9.17) is 9.98 Å². The molecule has 1 aromatic rings. The quantitative estimate of drug-likeness (QED) is 0.321. The average Bonchev–Trinajstić information content (AvgIpc) is 3.27. The van der Waals surface area contributed by atoms with Crippen LogP contribution >= 0.6 is 35.3 Å². The number of anilines is 1. The minimum Gasteiger partial charge on any atom is -0.357 e. The van der Waals surface area contributed by atoms with Crippen molar-refractivity contribution < 1.29 is 0 Å². The van der Waals surface area contributed by atoms with Crippen molar-refractivity contribution in [3.63, 3.8) is 0 Å². The SMILES string of the molecule is CCNC(=NCC(CC)CC)NCCc1csc(N2CCCC2)n1.I. The number of aliphatic imine (C=N–C) groups is 1. The number of aromatic nitrogens is 1. The fourth-order valence-electron chi connectivity index (χ4n) is 2.88. The molecule has 7 heteroatoms. The predicted molar refractivity (Wildman–Crippen MR) is 121 cm³/mol. The van der Waals surface area contributed by atoms with Gasteiger partial charge in [-0.05, 0) is 25.7 Å². The number of hydrogen-bond acceptors (Lipinski definition) is 4. The number of nitrogens with one attached hydrogen (secondary N) is 2. The first kappa shape index (κ1) is 22.5. The van der Waals surface area contributed by atoms with Gasteiger partial charge in [0.25, 0.3) is 0 Å². The lowest BCUT2D eigenvalue weighted by molar-refractivity contribution is 0.504. The van der Waals surface area contributed by atoms with E-state index in [-0.39, 0.29) is 24.0 Å². The van der Waals surface area contributed by atoms with E-state index >= 15 is 0 Å². The van der Waals surface area contributed by atoms with Gasteiger partial charge in [0.1, 0.15) is 0 Å². The summed E-state index contributed by atoms with van der Waals surface area (Å²) in [4.78, 5) is 11.9. The Morgan fingerprint density at radius 3 is 2.60 bits per heavy atom. The maximum Gasteiger partial charge on any atom is 0.191 e. The molecule has 1 fully saturated rings. The second kappa shape index (κ2) is 12.7. The Kier molecular flexibility index (Phi) is 11.4. The summed E-state index contributed by atoms with van der Waals surface area (Å²) in [5.74, 6) is 1.61. The van der Waals surface area contributed by atoms with Gasteiger partial charge in [0.15, 0.2) is 11.1 Å². The summed E-state index contributed by atoms with van der Waals surface area (Å²) >= 11 is 1.78. The van der Waals surface area contributed by atoms with E-state index in [0.717, 1.165) is 32.0 Å². The van der Waals surface area contributed by atoms with Crippen LogP contribution in [0, 0.1) is 5.92 Å². The van der Waals surface area contributed by atoms with Gasteiger partial charge in [-0.1, -0.05) is 26.7 Å². The third kappa shape index (κ3) is 7.68. The molecule has 0 aliphatic carbocycles. The van der Waals surface area contributed by atoms with Gasteiger partial charge in [-0.25, -0.2) is 4.98 Å². The average molecular weight is 479 g/mol. The highest BCUT2D eigenvalue weighted by Crippen LogP contribution is 2.24. The number of thiazole rings is 1.